The fourth-order valence-corrected chi connectivity index (χ4v) is 15.3. The maximum absolute atomic E-state index is 15.0. The average Bonchev–Trinajstić information content (AvgIpc) is 0.848. The van der Waals surface area contributed by atoms with E-state index >= 15 is 0 Å². The molecule has 0 unspecified atom stereocenters. The molecule has 40 heteroatoms. The number of nitrogens with one attached hydrogen (secondary N) is 16. The van der Waals surface area contributed by atoms with Gasteiger partial charge in [-0.15, -0.1) is 0 Å². The van der Waals surface area contributed by atoms with Crippen LogP contribution in [0.3, 0.4) is 0 Å². The second kappa shape index (κ2) is 58.4. The largest absolute Gasteiger partial charge is 0.394 e. The van der Waals surface area contributed by atoms with Gasteiger partial charge >= 0.3 is 0 Å². The molecular weight excluding hydrogens is 1670 g/mol. The van der Waals surface area contributed by atoms with Crippen molar-refractivity contribution >= 4 is 124 Å². The SMILES string of the molecule is CC[C@H](C)[C@H](NC(=O)[C@@H](NC(=O)[C@H](CO)NC(=O)[C@@H]1CSCc2cccc(c2)CSC[C@H](NC(=O)[C@@H](NC(=O)[C@H](C)NC(=O)[C@H](Cc2ccccc2)NC(=O)[C@H](CC(C)C)NC(=O)CNC(C)=O)C(C)C)C(=O)N[C@@H](CCCCN)C(=O)N[C@@H](CCCCN)C(=O)N[C@@H](C(C)C)C(=O)N1)C(C)C)C(=O)N[C@@H](CCCCN)C(=O)NCC(=O)N[C@@H](CC(C)C)C(N)=O. The minimum absolute atomic E-state index is 0.00180. The summed E-state index contributed by atoms with van der Waals surface area (Å²) in [7, 11) is 0. The molecule has 0 saturated heterocycles. The van der Waals surface area contributed by atoms with Crippen LogP contribution in [0.4, 0.5) is 0 Å². The number of aliphatic hydroxyl groups excluding tert-OH is 1. The predicted octanol–water partition coefficient (Wildman–Crippen LogP) is -1.56. The lowest BCUT2D eigenvalue weighted by Crippen LogP contribution is -2.62. The van der Waals surface area contributed by atoms with Crippen LogP contribution in [-0.2, 0) is 99.4 Å². The van der Waals surface area contributed by atoms with Crippen LogP contribution < -0.4 is 108 Å². The van der Waals surface area contributed by atoms with Gasteiger partial charge in [-0.1, -0.05) is 144 Å². The number of hydrogen-bond acceptors (Lipinski definition) is 23. The van der Waals surface area contributed by atoms with Crippen molar-refractivity contribution in [2.24, 2.45) is 58.4 Å². The number of benzene rings is 2. The highest BCUT2D eigenvalue weighted by molar-refractivity contribution is 7.98. The molecule has 0 saturated carbocycles. The molecule has 0 fully saturated rings. The normalized spacial score (nSPS) is 18.6. The van der Waals surface area contributed by atoms with Crippen molar-refractivity contribution < 1.29 is 86.6 Å². The van der Waals surface area contributed by atoms with Crippen LogP contribution >= 0.6 is 23.5 Å². The average molecular weight is 1810 g/mol. The molecule has 2 aromatic rings. The number of nitrogens with two attached hydrogens (primary N) is 4. The summed E-state index contributed by atoms with van der Waals surface area (Å²) < 4.78 is 0. The maximum atomic E-state index is 15.0. The third kappa shape index (κ3) is 40.7. The molecule has 3 rings (SSSR count). The van der Waals surface area contributed by atoms with Crippen molar-refractivity contribution in [1.82, 2.24) is 85.1 Å². The molecule has 2 aromatic carbocycles. The van der Waals surface area contributed by atoms with Gasteiger partial charge in [0.1, 0.15) is 84.6 Å². The molecular formula is C86H142N20O18S2. The standard InChI is InChI=1S/C86H142N20O18S2/c1-15-52(12)72(86(124)98-58(30-19-22-33-87)75(113)92-41-68(110)94-61(73(90)111)36-47(2)3)106-85(123)71(51(10)11)105-80(118)64(42-107)100-82(120)66-46-126-44-57-29-25-28-56(38-57)43-125-45-65(81(119)97-59(31-20-23-34-88)76(114)96-60(32-21-24-35-89)77(115)104-70(50(8)9)84(122)102-66)101-83(121)69(49(6)7)103-74(112)53(13)93-78(116)63(39-55-26-17-16-18-27-55)99-79(117)62(37-48(4)5)95-67(109)40-91-54(14)108/h16-18,25-29,38,47-53,58-66,69-72,107H,15,19-24,30-37,39-46,87-89H2,1-14H3,(H2,90,111)(H,91,108)(H,92,113)(H,93,116)(H,94,110)(H,95,109)(H,96,114)(H,97,119)(H,98,124)(H,99,117)(H,100,120)(H,101,121)(H,102,122)(H,103,112)(H,104,115)(H,105,118)(H,106,123)/t52-,53-,58-,59-,60-,61-,62-,63-,64-,65-,66-,69-,70-,71-,72-/m0/s1. The first kappa shape index (κ1) is 110. The molecule has 1 aliphatic rings. The predicted molar refractivity (Wildman–Crippen MR) is 481 cm³/mol. The first-order valence-corrected chi connectivity index (χ1v) is 45.9. The third-order valence-corrected chi connectivity index (χ3v) is 23.0. The van der Waals surface area contributed by atoms with Gasteiger partial charge in [0.25, 0.3) is 0 Å². The minimum atomic E-state index is -1.77. The van der Waals surface area contributed by atoms with E-state index in [2.05, 4.69) is 85.1 Å². The minimum Gasteiger partial charge on any atom is -0.394 e. The molecule has 1 aliphatic heterocycles. The van der Waals surface area contributed by atoms with Crippen LogP contribution in [0.2, 0.25) is 0 Å². The molecule has 0 aliphatic carbocycles. The zero-order chi connectivity index (χ0) is 94.4. The number of carbonyl (C=O) groups is 17. The third-order valence-electron chi connectivity index (χ3n) is 20.8. The van der Waals surface area contributed by atoms with Crippen LogP contribution in [0, 0.1) is 35.5 Å². The summed E-state index contributed by atoms with van der Waals surface area (Å²) in [4.78, 5) is 238. The highest BCUT2D eigenvalue weighted by Crippen LogP contribution is 2.22. The second-order valence-corrected chi connectivity index (χ2v) is 35.9. The van der Waals surface area contributed by atoms with Gasteiger partial charge in [-0.3, -0.25) is 81.5 Å². The number of amides is 17. The van der Waals surface area contributed by atoms with E-state index in [-0.39, 0.29) is 93.0 Å². The highest BCUT2D eigenvalue weighted by Gasteiger charge is 2.40. The van der Waals surface area contributed by atoms with Gasteiger partial charge in [-0.25, -0.2) is 0 Å². The van der Waals surface area contributed by atoms with E-state index < -0.39 is 228 Å². The van der Waals surface area contributed by atoms with Gasteiger partial charge in [0.15, 0.2) is 0 Å². The smallest absolute Gasteiger partial charge is 0.245 e. The van der Waals surface area contributed by atoms with Gasteiger partial charge < -0.3 is 113 Å². The summed E-state index contributed by atoms with van der Waals surface area (Å²) >= 11 is 2.42. The quantitative estimate of drug-likeness (QED) is 0.0333. The van der Waals surface area contributed by atoms with Crippen LogP contribution in [0.5, 0.6) is 0 Å². The molecule has 25 N–H and O–H groups in total. The monoisotopic (exact) mass is 1810 g/mol. The van der Waals surface area contributed by atoms with E-state index in [0.29, 0.717) is 50.5 Å². The lowest BCUT2D eigenvalue weighted by Gasteiger charge is -2.30. The Hall–Kier alpha value is -10.0. The Morgan fingerprint density at radius 3 is 1.51 bits per heavy atom. The summed E-state index contributed by atoms with van der Waals surface area (Å²) in [5.41, 5.74) is 25.2. The van der Waals surface area contributed by atoms with Crippen molar-refractivity contribution in [3.8, 4) is 0 Å². The Labute approximate surface area is 748 Å². The van der Waals surface area contributed by atoms with Gasteiger partial charge in [0, 0.05) is 36.4 Å². The van der Waals surface area contributed by atoms with Crippen molar-refractivity contribution in [2.45, 2.75) is 276 Å². The first-order valence-electron chi connectivity index (χ1n) is 43.6. The van der Waals surface area contributed by atoms with Crippen molar-refractivity contribution in [3.05, 3.63) is 71.3 Å². The van der Waals surface area contributed by atoms with Crippen LogP contribution in [0.15, 0.2) is 54.6 Å². The Morgan fingerprint density at radius 2 is 0.968 bits per heavy atom. The molecule has 1 heterocycles. The van der Waals surface area contributed by atoms with E-state index in [1.165, 1.54) is 37.4 Å². The highest BCUT2D eigenvalue weighted by atomic mass is 32.2. The molecule has 126 heavy (non-hydrogen) atoms. The van der Waals surface area contributed by atoms with Gasteiger partial charge in [-0.05, 0) is 149 Å². The fraction of sp³-hybridized carbons (Fsp3) is 0.663. The molecule has 2 bridgehead atoms. The van der Waals surface area contributed by atoms with Crippen LogP contribution in [0.25, 0.3) is 0 Å². The Kier molecular flexibility index (Phi) is 51.0. The van der Waals surface area contributed by atoms with E-state index in [1.54, 1.807) is 91.8 Å². The topological polar surface area (TPSA) is 607 Å². The molecule has 17 amide bonds. The van der Waals surface area contributed by atoms with Gasteiger partial charge in [0.2, 0.25) is 100 Å². The van der Waals surface area contributed by atoms with E-state index in [4.69, 9.17) is 22.9 Å². The number of rotatable bonds is 48. The Balaban J connectivity index is 2.04. The molecule has 0 aromatic heterocycles. The summed E-state index contributed by atoms with van der Waals surface area (Å²) in [6.45, 7) is 21.9. The van der Waals surface area contributed by atoms with E-state index in [9.17, 15) is 86.6 Å². The lowest BCUT2D eigenvalue weighted by molar-refractivity contribution is -0.137. The summed E-state index contributed by atoms with van der Waals surface area (Å²) in [6, 6.07) is -2.87. The van der Waals surface area contributed by atoms with Crippen LogP contribution in [0.1, 0.15) is 191 Å². The van der Waals surface area contributed by atoms with E-state index in [1.807, 2.05) is 45.9 Å². The summed E-state index contributed by atoms with van der Waals surface area (Å²) in [5, 5.41) is 53.5. The van der Waals surface area contributed by atoms with E-state index in [0.717, 1.165) is 11.1 Å². The number of hydrogen-bond donors (Lipinski definition) is 21. The van der Waals surface area contributed by atoms with Gasteiger partial charge in [0.05, 0.1) is 19.7 Å². The van der Waals surface area contributed by atoms with Crippen molar-refractivity contribution in [2.75, 3.05) is 50.8 Å². The zero-order valence-corrected chi connectivity index (χ0v) is 77.2. The van der Waals surface area contributed by atoms with Crippen molar-refractivity contribution in [3.63, 3.8) is 0 Å². The molecule has 38 nitrogen and oxygen atoms in total. The number of primary amides is 1. The Morgan fingerprint density at radius 1 is 0.476 bits per heavy atom. The number of aliphatic hydroxyl groups is 1. The number of fused-ring (bicyclic) bond motifs is 2. The maximum Gasteiger partial charge on any atom is 0.245 e. The van der Waals surface area contributed by atoms with Crippen LogP contribution in [-0.4, -0.2) is 241 Å². The summed E-state index contributed by atoms with van der Waals surface area (Å²) in [6.07, 6.45) is 3.03. The van der Waals surface area contributed by atoms with Crippen molar-refractivity contribution in [1.29, 1.82) is 0 Å². The zero-order valence-electron chi connectivity index (χ0n) is 75.5. The summed E-state index contributed by atoms with van der Waals surface area (Å²) in [5.74, 6) is -16.0. The first-order chi connectivity index (χ1) is 59.6. The lowest BCUT2D eigenvalue weighted by atomic mass is 9.95. The Bertz CT molecular complexity index is 3900. The number of carbonyl (C=O) groups excluding carboxylic acids is 17. The number of unbranched alkanes of at least 4 members (excludes halogenated alkanes) is 3. The van der Waals surface area contributed by atoms with Gasteiger partial charge in [-0.2, -0.15) is 23.5 Å². The number of thioether (sulfide) groups is 2. The fourth-order valence-electron chi connectivity index (χ4n) is 13.3. The molecule has 706 valence electrons. The molecule has 0 radical (unpaired) electrons. The second-order valence-electron chi connectivity index (χ2n) is 33.8. The molecule has 0 spiro atoms. The molecule has 15 atom stereocenters.